The number of aliphatic carboxylic acids is 1. The average molecular weight is 251 g/mol. The molecule has 1 saturated carbocycles. The molecule has 5 heteroatoms. The molecule has 18 heavy (non-hydrogen) atoms. The van der Waals surface area contributed by atoms with Crippen LogP contribution in [0.25, 0.3) is 0 Å². The zero-order valence-electron chi connectivity index (χ0n) is 10.8. The molecule has 0 aliphatic heterocycles. The maximum atomic E-state index is 10.8. The van der Waals surface area contributed by atoms with E-state index in [0.717, 1.165) is 38.8 Å². The smallest absolute Gasteiger partial charge is 0.306 e. The standard InChI is InChI=1S/C13H21N3O2/c1-16-12(6-7-15-16)9-14-8-10-2-4-11(5-3-10)13(17)18/h6-7,10-11,14H,2-5,8-9H2,1H3,(H,17,18). The summed E-state index contributed by atoms with van der Waals surface area (Å²) in [6.07, 6.45) is 5.50. The molecule has 0 unspecified atom stereocenters. The van der Waals surface area contributed by atoms with Crippen molar-refractivity contribution in [3.63, 3.8) is 0 Å². The van der Waals surface area contributed by atoms with Gasteiger partial charge in [-0.3, -0.25) is 9.48 Å². The fourth-order valence-electron chi connectivity index (χ4n) is 2.59. The summed E-state index contributed by atoms with van der Waals surface area (Å²) in [6.45, 7) is 1.80. The topological polar surface area (TPSA) is 67.2 Å². The molecule has 0 aromatic carbocycles. The summed E-state index contributed by atoms with van der Waals surface area (Å²) in [7, 11) is 1.94. The highest BCUT2D eigenvalue weighted by Crippen LogP contribution is 2.28. The van der Waals surface area contributed by atoms with Crippen LogP contribution in [0.2, 0.25) is 0 Å². The van der Waals surface area contributed by atoms with Gasteiger partial charge in [-0.25, -0.2) is 0 Å². The van der Waals surface area contributed by atoms with E-state index in [9.17, 15) is 4.79 Å². The number of hydrogen-bond acceptors (Lipinski definition) is 3. The van der Waals surface area contributed by atoms with Gasteiger partial charge in [0.25, 0.3) is 0 Å². The van der Waals surface area contributed by atoms with Gasteiger partial charge in [0.1, 0.15) is 0 Å². The minimum atomic E-state index is -0.628. The van der Waals surface area contributed by atoms with E-state index in [4.69, 9.17) is 5.11 Å². The van der Waals surface area contributed by atoms with Crippen LogP contribution in [0.15, 0.2) is 12.3 Å². The van der Waals surface area contributed by atoms with Gasteiger partial charge in [-0.05, 0) is 44.2 Å². The lowest BCUT2D eigenvalue weighted by Gasteiger charge is -2.26. The van der Waals surface area contributed by atoms with Crippen LogP contribution in [-0.4, -0.2) is 27.4 Å². The van der Waals surface area contributed by atoms with Crippen LogP contribution >= 0.6 is 0 Å². The molecule has 100 valence electrons. The van der Waals surface area contributed by atoms with Gasteiger partial charge in [0.05, 0.1) is 11.6 Å². The summed E-state index contributed by atoms with van der Waals surface area (Å²) in [5.74, 6) is -0.122. The van der Waals surface area contributed by atoms with E-state index in [-0.39, 0.29) is 5.92 Å². The molecule has 0 amide bonds. The first-order chi connectivity index (χ1) is 8.66. The Balaban J connectivity index is 1.67. The molecule has 1 aliphatic carbocycles. The van der Waals surface area contributed by atoms with Crippen molar-refractivity contribution in [2.45, 2.75) is 32.2 Å². The summed E-state index contributed by atoms with van der Waals surface area (Å²) in [5.41, 5.74) is 1.18. The molecule has 1 heterocycles. The number of carbonyl (C=O) groups is 1. The molecule has 0 spiro atoms. The van der Waals surface area contributed by atoms with Gasteiger partial charge in [-0.1, -0.05) is 0 Å². The van der Waals surface area contributed by atoms with Crippen molar-refractivity contribution in [2.24, 2.45) is 18.9 Å². The number of aryl methyl sites for hydroxylation is 1. The Hall–Kier alpha value is -1.36. The first-order valence-corrected chi connectivity index (χ1v) is 6.57. The van der Waals surface area contributed by atoms with Crippen molar-refractivity contribution in [2.75, 3.05) is 6.54 Å². The van der Waals surface area contributed by atoms with E-state index in [1.54, 1.807) is 6.20 Å². The largest absolute Gasteiger partial charge is 0.481 e. The highest BCUT2D eigenvalue weighted by atomic mass is 16.4. The van der Waals surface area contributed by atoms with Crippen LogP contribution in [0.5, 0.6) is 0 Å². The van der Waals surface area contributed by atoms with Gasteiger partial charge in [0.15, 0.2) is 0 Å². The maximum Gasteiger partial charge on any atom is 0.306 e. The molecular weight excluding hydrogens is 230 g/mol. The summed E-state index contributed by atoms with van der Waals surface area (Å²) in [5, 5.41) is 16.5. The number of aromatic nitrogens is 2. The molecule has 0 saturated heterocycles. The summed E-state index contributed by atoms with van der Waals surface area (Å²) in [4.78, 5) is 10.8. The third kappa shape index (κ3) is 3.32. The molecule has 0 atom stereocenters. The highest BCUT2D eigenvalue weighted by molar-refractivity contribution is 5.69. The Morgan fingerprint density at radius 1 is 1.50 bits per heavy atom. The molecule has 1 fully saturated rings. The predicted octanol–water partition coefficient (Wildman–Crippen LogP) is 1.40. The van der Waals surface area contributed by atoms with Crippen LogP contribution in [0.3, 0.4) is 0 Å². The second-order valence-electron chi connectivity index (χ2n) is 5.13. The predicted molar refractivity (Wildman–Crippen MR) is 68.0 cm³/mol. The van der Waals surface area contributed by atoms with Crippen LogP contribution in [0.4, 0.5) is 0 Å². The Morgan fingerprint density at radius 2 is 2.22 bits per heavy atom. The van der Waals surface area contributed by atoms with Gasteiger partial charge in [-0.2, -0.15) is 5.10 Å². The summed E-state index contributed by atoms with van der Waals surface area (Å²) >= 11 is 0. The Kier molecular flexibility index (Phi) is 4.36. The minimum Gasteiger partial charge on any atom is -0.481 e. The zero-order chi connectivity index (χ0) is 13.0. The molecule has 2 N–H and O–H groups in total. The van der Waals surface area contributed by atoms with Crippen molar-refractivity contribution in [1.29, 1.82) is 0 Å². The number of carboxylic acids is 1. The number of nitrogens with one attached hydrogen (secondary N) is 1. The molecular formula is C13H21N3O2. The quantitative estimate of drug-likeness (QED) is 0.830. The van der Waals surface area contributed by atoms with E-state index in [0.29, 0.717) is 5.92 Å². The fraction of sp³-hybridized carbons (Fsp3) is 0.692. The third-order valence-corrected chi connectivity index (χ3v) is 3.86. The van der Waals surface area contributed by atoms with Crippen molar-refractivity contribution in [3.05, 3.63) is 18.0 Å². The Morgan fingerprint density at radius 3 is 2.78 bits per heavy atom. The summed E-state index contributed by atoms with van der Waals surface area (Å²) < 4.78 is 1.87. The van der Waals surface area contributed by atoms with E-state index >= 15 is 0 Å². The van der Waals surface area contributed by atoms with Crippen molar-refractivity contribution in [3.8, 4) is 0 Å². The average Bonchev–Trinajstić information content (AvgIpc) is 2.76. The van der Waals surface area contributed by atoms with Crippen LogP contribution < -0.4 is 5.32 Å². The second-order valence-corrected chi connectivity index (χ2v) is 5.13. The number of carboxylic acid groups (broad SMARTS) is 1. The lowest BCUT2D eigenvalue weighted by molar-refractivity contribution is -0.143. The molecule has 1 aliphatic rings. The first kappa shape index (κ1) is 13.1. The van der Waals surface area contributed by atoms with Crippen LogP contribution in [-0.2, 0) is 18.4 Å². The van der Waals surface area contributed by atoms with Gasteiger partial charge in [-0.15, -0.1) is 0 Å². The Labute approximate surface area is 107 Å². The number of rotatable bonds is 5. The fourth-order valence-corrected chi connectivity index (χ4v) is 2.59. The number of nitrogens with zero attached hydrogens (tertiary/aromatic N) is 2. The number of hydrogen-bond donors (Lipinski definition) is 2. The second kappa shape index (κ2) is 6.00. The van der Waals surface area contributed by atoms with Crippen molar-refractivity contribution in [1.82, 2.24) is 15.1 Å². The van der Waals surface area contributed by atoms with Crippen LogP contribution in [0, 0.1) is 11.8 Å². The van der Waals surface area contributed by atoms with Gasteiger partial charge >= 0.3 is 5.97 Å². The SMILES string of the molecule is Cn1nccc1CNCC1CCC(C(=O)O)CC1. The Bertz CT molecular complexity index is 395. The van der Waals surface area contributed by atoms with Crippen molar-refractivity contribution >= 4 is 5.97 Å². The molecule has 2 rings (SSSR count). The summed E-state index contributed by atoms with van der Waals surface area (Å²) in [6, 6.07) is 2.01. The molecule has 0 radical (unpaired) electrons. The molecule has 1 aromatic rings. The highest BCUT2D eigenvalue weighted by Gasteiger charge is 2.25. The van der Waals surface area contributed by atoms with Gasteiger partial charge in [0, 0.05) is 19.8 Å². The third-order valence-electron chi connectivity index (χ3n) is 3.86. The molecule has 1 aromatic heterocycles. The van der Waals surface area contributed by atoms with E-state index in [1.165, 1.54) is 5.69 Å². The zero-order valence-corrected chi connectivity index (χ0v) is 10.8. The lowest BCUT2D eigenvalue weighted by atomic mass is 9.82. The van der Waals surface area contributed by atoms with Crippen molar-refractivity contribution < 1.29 is 9.90 Å². The normalized spacial score (nSPS) is 24.1. The van der Waals surface area contributed by atoms with Crippen LogP contribution in [0.1, 0.15) is 31.4 Å². The minimum absolute atomic E-state index is 0.113. The van der Waals surface area contributed by atoms with E-state index < -0.39 is 5.97 Å². The maximum absolute atomic E-state index is 10.8. The van der Waals surface area contributed by atoms with E-state index in [2.05, 4.69) is 10.4 Å². The monoisotopic (exact) mass is 251 g/mol. The van der Waals surface area contributed by atoms with Gasteiger partial charge < -0.3 is 10.4 Å². The van der Waals surface area contributed by atoms with Gasteiger partial charge in [0.2, 0.25) is 0 Å². The lowest BCUT2D eigenvalue weighted by Crippen LogP contribution is -2.29. The van der Waals surface area contributed by atoms with E-state index in [1.807, 2.05) is 17.8 Å². The first-order valence-electron chi connectivity index (χ1n) is 6.57. The molecule has 5 nitrogen and oxygen atoms in total. The molecule has 0 bridgehead atoms.